The summed E-state index contributed by atoms with van der Waals surface area (Å²) in [5.74, 6) is -0.256. The Kier molecular flexibility index (Phi) is 4.51. The molecule has 2 rings (SSSR count). The number of aliphatic hydroxyl groups is 1. The summed E-state index contributed by atoms with van der Waals surface area (Å²) in [7, 11) is 0. The van der Waals surface area contributed by atoms with Gasteiger partial charge in [-0.25, -0.2) is 0 Å². The van der Waals surface area contributed by atoms with E-state index in [1.807, 2.05) is 0 Å². The predicted molar refractivity (Wildman–Crippen MR) is 77.8 cm³/mol. The van der Waals surface area contributed by atoms with Crippen molar-refractivity contribution >= 4 is 11.4 Å². The summed E-state index contributed by atoms with van der Waals surface area (Å²) in [6, 6.07) is 7.83. The smallest absolute Gasteiger partial charge is 0.430 e. The molecule has 0 heterocycles. The molecule has 0 unspecified atom stereocenters. The molecule has 25 heavy (non-hydrogen) atoms. The number of benzene rings is 2. The van der Waals surface area contributed by atoms with E-state index in [4.69, 9.17) is 16.2 Å². The second-order valence-corrected chi connectivity index (χ2v) is 5.13. The van der Waals surface area contributed by atoms with E-state index in [-0.39, 0.29) is 11.5 Å². The molecule has 0 aromatic heterocycles. The third-order valence-corrected chi connectivity index (χ3v) is 3.35. The van der Waals surface area contributed by atoms with Gasteiger partial charge in [0.15, 0.2) is 0 Å². The topological polar surface area (TPSA) is 81.5 Å². The minimum atomic E-state index is -6.04. The number of ether oxygens (including phenoxy) is 1. The average molecular weight is 366 g/mol. The van der Waals surface area contributed by atoms with Gasteiger partial charge in [0.2, 0.25) is 0 Å². The van der Waals surface area contributed by atoms with Crippen LogP contribution in [0.3, 0.4) is 0 Å². The number of nitrogen functional groups attached to an aromatic ring is 2. The van der Waals surface area contributed by atoms with Crippen molar-refractivity contribution in [2.75, 3.05) is 11.5 Å². The minimum Gasteiger partial charge on any atom is -0.457 e. The molecule has 0 aliphatic carbocycles. The first-order valence-corrected chi connectivity index (χ1v) is 6.65. The van der Waals surface area contributed by atoms with Gasteiger partial charge in [0, 0.05) is 16.9 Å². The summed E-state index contributed by atoms with van der Waals surface area (Å²) in [6.45, 7) is 0. The van der Waals surface area contributed by atoms with E-state index in [0.29, 0.717) is 11.8 Å². The van der Waals surface area contributed by atoms with Crippen molar-refractivity contribution in [3.8, 4) is 11.5 Å². The molecule has 2 aromatic carbocycles. The van der Waals surface area contributed by atoms with E-state index in [2.05, 4.69) is 0 Å². The van der Waals surface area contributed by atoms with Crippen LogP contribution in [0.15, 0.2) is 42.5 Å². The molecule has 0 spiro atoms. The highest BCUT2D eigenvalue weighted by Crippen LogP contribution is 2.52. The van der Waals surface area contributed by atoms with Crippen molar-refractivity contribution in [1.29, 1.82) is 0 Å². The maximum Gasteiger partial charge on any atom is 0.430 e. The Labute approximate surface area is 137 Å². The summed E-state index contributed by atoms with van der Waals surface area (Å²) in [6.07, 6.45) is -12.1. The molecule has 0 saturated heterocycles. The molecule has 10 heteroatoms. The van der Waals surface area contributed by atoms with Crippen molar-refractivity contribution in [3.63, 3.8) is 0 Å². The molecule has 0 fully saturated rings. The second-order valence-electron chi connectivity index (χ2n) is 5.13. The lowest BCUT2D eigenvalue weighted by Crippen LogP contribution is -2.54. The summed E-state index contributed by atoms with van der Waals surface area (Å²) >= 11 is 0. The number of nitrogens with two attached hydrogens (primary N) is 2. The van der Waals surface area contributed by atoms with Crippen LogP contribution in [0.1, 0.15) is 5.56 Å². The minimum absolute atomic E-state index is 0.118. The molecule has 0 atom stereocenters. The second kappa shape index (κ2) is 6.03. The SMILES string of the molecule is Nc1ccc(Oc2ccc(N)c(C(O)(C(F)(F)F)C(F)(F)F)c2)cc1. The molecule has 136 valence electrons. The molecule has 0 saturated carbocycles. The average Bonchev–Trinajstić information content (AvgIpc) is 2.48. The molecule has 0 aliphatic rings. The standard InChI is InChI=1S/C15H12F6N2O2/c16-14(17,18)13(24,15(19,20)21)11-7-10(5-6-12(11)23)25-9-3-1-8(22)2-4-9/h1-7,24H,22-23H2. The Bertz CT molecular complexity index is 742. The van der Waals surface area contributed by atoms with Crippen LogP contribution >= 0.6 is 0 Å². The zero-order valence-corrected chi connectivity index (χ0v) is 12.3. The van der Waals surface area contributed by atoms with E-state index in [1.54, 1.807) is 0 Å². The van der Waals surface area contributed by atoms with Gasteiger partial charge >= 0.3 is 12.4 Å². The van der Waals surface area contributed by atoms with Gasteiger partial charge in [0.1, 0.15) is 11.5 Å². The lowest BCUT2D eigenvalue weighted by molar-refractivity contribution is -0.376. The maximum atomic E-state index is 13.0. The lowest BCUT2D eigenvalue weighted by Gasteiger charge is -2.33. The van der Waals surface area contributed by atoms with Gasteiger partial charge in [-0.3, -0.25) is 0 Å². The van der Waals surface area contributed by atoms with Crippen molar-refractivity contribution in [3.05, 3.63) is 48.0 Å². The van der Waals surface area contributed by atoms with Crippen LogP contribution in [0.25, 0.3) is 0 Å². The highest BCUT2D eigenvalue weighted by molar-refractivity contribution is 5.55. The summed E-state index contributed by atoms with van der Waals surface area (Å²) in [5, 5.41) is 9.46. The van der Waals surface area contributed by atoms with Crippen molar-refractivity contribution in [2.45, 2.75) is 18.0 Å². The lowest BCUT2D eigenvalue weighted by atomic mass is 9.90. The van der Waals surface area contributed by atoms with Crippen molar-refractivity contribution in [2.24, 2.45) is 0 Å². The van der Waals surface area contributed by atoms with Crippen LogP contribution in [0, 0.1) is 0 Å². The van der Waals surface area contributed by atoms with Crippen LogP contribution < -0.4 is 16.2 Å². The molecule has 0 amide bonds. The van der Waals surface area contributed by atoms with Gasteiger partial charge < -0.3 is 21.3 Å². The molecule has 2 aromatic rings. The monoisotopic (exact) mass is 366 g/mol. The van der Waals surface area contributed by atoms with E-state index in [1.165, 1.54) is 24.3 Å². The van der Waals surface area contributed by atoms with Gasteiger partial charge in [-0.05, 0) is 42.5 Å². The van der Waals surface area contributed by atoms with Crippen molar-refractivity contribution in [1.82, 2.24) is 0 Å². The third-order valence-electron chi connectivity index (χ3n) is 3.35. The Morgan fingerprint density at radius 1 is 0.760 bits per heavy atom. The van der Waals surface area contributed by atoms with Gasteiger partial charge in [-0.1, -0.05) is 0 Å². The fraction of sp³-hybridized carbons (Fsp3) is 0.200. The number of halogens is 6. The molecule has 0 radical (unpaired) electrons. The zero-order chi connectivity index (χ0) is 19.0. The number of hydrogen-bond acceptors (Lipinski definition) is 4. The number of rotatable bonds is 3. The first-order chi connectivity index (χ1) is 11.4. The van der Waals surface area contributed by atoms with Crippen LogP contribution in [-0.2, 0) is 5.60 Å². The molecule has 0 bridgehead atoms. The van der Waals surface area contributed by atoms with Gasteiger partial charge in [0.25, 0.3) is 5.60 Å². The fourth-order valence-corrected chi connectivity index (χ4v) is 2.05. The highest BCUT2D eigenvalue weighted by atomic mass is 19.4. The van der Waals surface area contributed by atoms with E-state index < -0.39 is 29.2 Å². The highest BCUT2D eigenvalue weighted by Gasteiger charge is 2.72. The van der Waals surface area contributed by atoms with Gasteiger partial charge in [0.05, 0.1) is 0 Å². The van der Waals surface area contributed by atoms with E-state index in [9.17, 15) is 31.4 Å². The van der Waals surface area contributed by atoms with Crippen LogP contribution in [0.4, 0.5) is 37.7 Å². The zero-order valence-electron chi connectivity index (χ0n) is 12.3. The third kappa shape index (κ3) is 3.43. The number of anilines is 2. The van der Waals surface area contributed by atoms with Crippen LogP contribution in [0.5, 0.6) is 11.5 Å². The Morgan fingerprint density at radius 2 is 1.24 bits per heavy atom. The van der Waals surface area contributed by atoms with Crippen LogP contribution in [-0.4, -0.2) is 17.5 Å². The summed E-state index contributed by atoms with van der Waals surface area (Å²) in [4.78, 5) is 0. The summed E-state index contributed by atoms with van der Waals surface area (Å²) in [5.41, 5.74) is 3.50. The first kappa shape index (κ1) is 18.7. The van der Waals surface area contributed by atoms with E-state index in [0.717, 1.165) is 12.1 Å². The Balaban J connectivity index is 2.52. The van der Waals surface area contributed by atoms with Gasteiger partial charge in [-0.2, -0.15) is 26.3 Å². The number of hydrogen-bond donors (Lipinski definition) is 3. The molecular weight excluding hydrogens is 354 g/mol. The number of alkyl halides is 6. The largest absolute Gasteiger partial charge is 0.457 e. The normalized spacial score (nSPS) is 12.9. The Hall–Kier alpha value is -2.62. The van der Waals surface area contributed by atoms with Crippen LogP contribution in [0.2, 0.25) is 0 Å². The van der Waals surface area contributed by atoms with Gasteiger partial charge in [-0.15, -0.1) is 0 Å². The van der Waals surface area contributed by atoms with E-state index >= 15 is 0 Å². The predicted octanol–water partition coefficient (Wildman–Crippen LogP) is 3.96. The first-order valence-electron chi connectivity index (χ1n) is 6.65. The summed E-state index contributed by atoms with van der Waals surface area (Å²) < 4.78 is 83.1. The molecule has 5 N–H and O–H groups in total. The molecule has 0 aliphatic heterocycles. The molecule has 4 nitrogen and oxygen atoms in total. The molecular formula is C15H12F6N2O2. The quantitative estimate of drug-likeness (QED) is 0.567. The fourth-order valence-electron chi connectivity index (χ4n) is 2.05. The van der Waals surface area contributed by atoms with Crippen molar-refractivity contribution < 1.29 is 36.2 Å². The Morgan fingerprint density at radius 3 is 1.72 bits per heavy atom. The maximum absolute atomic E-state index is 13.0.